The van der Waals surface area contributed by atoms with E-state index >= 15 is 0 Å². The van der Waals surface area contributed by atoms with Gasteiger partial charge in [-0.2, -0.15) is 13.4 Å². The molecule has 0 amide bonds. The maximum Gasteiger partial charge on any atom is 0.347 e. The number of nitrogens with zero attached hydrogens (tertiary/aromatic N) is 2. The van der Waals surface area contributed by atoms with Crippen LogP contribution in [-0.2, 0) is 10.2 Å². The summed E-state index contributed by atoms with van der Waals surface area (Å²) in [6.45, 7) is 1.63. The molecular weight excluding hydrogens is 362 g/mol. The number of hydrogen-bond donors (Lipinski definition) is 3. The molecule has 0 aliphatic carbocycles. The highest BCUT2D eigenvalue weighted by Crippen LogP contribution is 2.36. The van der Waals surface area contributed by atoms with Gasteiger partial charge in [0.2, 0.25) is 0 Å². The predicted octanol–water partition coefficient (Wildman–Crippen LogP) is -0.440. The molecule has 0 spiro atoms. The summed E-state index contributed by atoms with van der Waals surface area (Å²) in [5, 5.41) is 5.66. The lowest BCUT2D eigenvalue weighted by atomic mass is 9.96. The summed E-state index contributed by atoms with van der Waals surface area (Å²) in [6.07, 6.45) is 0.658. The van der Waals surface area contributed by atoms with Gasteiger partial charge in [-0.3, -0.25) is 0 Å². The first kappa shape index (κ1) is 18.4. The van der Waals surface area contributed by atoms with Gasteiger partial charge < -0.3 is 19.4 Å². The number of fused-ring (bicyclic) bond motifs is 1. The zero-order valence-corrected chi connectivity index (χ0v) is 15.3. The largest absolute Gasteiger partial charge is 0.493 e. The van der Waals surface area contributed by atoms with Gasteiger partial charge in [0.25, 0.3) is 10.2 Å². The third-order valence-electron chi connectivity index (χ3n) is 4.33. The Morgan fingerprint density at radius 3 is 2.58 bits per heavy atom. The second-order valence-corrected chi connectivity index (χ2v) is 7.50. The summed E-state index contributed by atoms with van der Waals surface area (Å²) >= 11 is 0. The number of benzene rings is 1. The van der Waals surface area contributed by atoms with E-state index in [1.165, 1.54) is 7.11 Å². The number of rotatable bonds is 7. The van der Waals surface area contributed by atoms with Gasteiger partial charge in [0, 0.05) is 31.1 Å². The maximum atomic E-state index is 11.9. The number of aromatic amines is 1. The van der Waals surface area contributed by atoms with Crippen LogP contribution in [-0.4, -0.2) is 52.2 Å². The first-order valence-corrected chi connectivity index (χ1v) is 9.53. The normalized spacial score (nSPS) is 15.1. The first-order chi connectivity index (χ1) is 12.3. The first-order valence-electron chi connectivity index (χ1n) is 7.99. The number of nitrogens with one attached hydrogen (secondary N) is 2. The van der Waals surface area contributed by atoms with E-state index in [9.17, 15) is 13.2 Å². The van der Waals surface area contributed by atoms with Crippen LogP contribution in [0.3, 0.4) is 0 Å². The number of anilines is 1. The highest BCUT2D eigenvalue weighted by atomic mass is 32.2. The molecule has 26 heavy (non-hydrogen) atoms. The Balaban J connectivity index is 1.79. The lowest BCUT2D eigenvalue weighted by molar-refractivity contribution is 0.355. The number of methoxy groups -OCH3 is 2. The highest BCUT2D eigenvalue weighted by molar-refractivity contribution is 7.87. The molecule has 2 aromatic rings. The third-order valence-corrected chi connectivity index (χ3v) is 4.93. The van der Waals surface area contributed by atoms with E-state index < -0.39 is 15.9 Å². The Kier molecular flexibility index (Phi) is 5.03. The minimum atomic E-state index is -3.67. The Hall–Kier alpha value is -2.37. The Labute approximate surface area is 150 Å². The Morgan fingerprint density at radius 1 is 1.31 bits per heavy atom. The maximum absolute atomic E-state index is 11.9. The predicted molar refractivity (Wildman–Crippen MR) is 96.9 cm³/mol. The van der Waals surface area contributed by atoms with Gasteiger partial charge in [0.1, 0.15) is 5.82 Å². The van der Waals surface area contributed by atoms with Crippen LogP contribution in [0.4, 0.5) is 5.82 Å². The van der Waals surface area contributed by atoms with E-state index in [0.29, 0.717) is 48.3 Å². The third kappa shape index (κ3) is 3.89. The lowest BCUT2D eigenvalue weighted by Gasteiger charge is -2.40. The lowest BCUT2D eigenvalue weighted by Crippen LogP contribution is -2.49. The number of ether oxygens (including phenoxy) is 2. The van der Waals surface area contributed by atoms with Crippen molar-refractivity contribution in [3.63, 3.8) is 0 Å². The summed E-state index contributed by atoms with van der Waals surface area (Å²) in [5.74, 6) is 1.92. The monoisotopic (exact) mass is 383 g/mol. The highest BCUT2D eigenvalue weighted by Gasteiger charge is 2.29. The number of nitrogens with two attached hydrogens (primary N) is 1. The molecular formula is C15H21N5O5S. The van der Waals surface area contributed by atoms with E-state index in [-0.39, 0.29) is 6.54 Å². The van der Waals surface area contributed by atoms with E-state index in [2.05, 4.69) is 14.7 Å². The molecule has 1 aliphatic heterocycles. The number of hydrogen-bond acceptors (Lipinski definition) is 7. The molecule has 3 rings (SSSR count). The van der Waals surface area contributed by atoms with E-state index in [4.69, 9.17) is 14.6 Å². The summed E-state index contributed by atoms with van der Waals surface area (Å²) < 4.78 is 34.6. The SMILES string of the molecule is COc1cc2[nH]c(=O)nc(N3CC(CCNS(N)(=O)=O)C3)c2cc1OC. The number of aromatic nitrogens is 2. The molecule has 0 radical (unpaired) electrons. The van der Waals surface area contributed by atoms with Gasteiger partial charge in [0.15, 0.2) is 11.5 Å². The van der Waals surface area contributed by atoms with Crippen molar-refractivity contribution in [1.29, 1.82) is 0 Å². The molecule has 10 nitrogen and oxygen atoms in total. The Bertz CT molecular complexity index is 968. The van der Waals surface area contributed by atoms with Gasteiger partial charge in [0.05, 0.1) is 19.7 Å². The van der Waals surface area contributed by atoms with Gasteiger partial charge in [-0.1, -0.05) is 0 Å². The molecule has 142 valence electrons. The molecule has 1 saturated heterocycles. The zero-order valence-electron chi connectivity index (χ0n) is 14.5. The Morgan fingerprint density at radius 2 is 1.96 bits per heavy atom. The smallest absolute Gasteiger partial charge is 0.347 e. The van der Waals surface area contributed by atoms with E-state index in [1.807, 2.05) is 4.90 Å². The summed E-state index contributed by atoms with van der Waals surface area (Å²) in [4.78, 5) is 20.7. The van der Waals surface area contributed by atoms with Gasteiger partial charge in [-0.05, 0) is 18.4 Å². The van der Waals surface area contributed by atoms with Crippen LogP contribution >= 0.6 is 0 Å². The van der Waals surface area contributed by atoms with Crippen molar-refractivity contribution < 1.29 is 17.9 Å². The standard InChI is InChI=1S/C15H21N5O5S/c1-24-12-5-10-11(6-13(12)25-2)18-15(21)19-14(10)20-7-9(8-20)3-4-17-26(16,22)23/h5-6,9,17H,3-4,7-8H2,1-2H3,(H2,16,22,23)(H,18,19,21). The second-order valence-electron chi connectivity index (χ2n) is 6.12. The summed E-state index contributed by atoms with van der Waals surface area (Å²) in [6, 6.07) is 3.48. The molecule has 1 aliphatic rings. The van der Waals surface area contributed by atoms with Crippen molar-refractivity contribution in [1.82, 2.24) is 14.7 Å². The average molecular weight is 383 g/mol. The van der Waals surface area contributed by atoms with Crippen molar-refractivity contribution in [2.75, 3.05) is 38.8 Å². The molecule has 0 bridgehead atoms. The fraction of sp³-hybridized carbons (Fsp3) is 0.467. The second kappa shape index (κ2) is 7.09. The van der Waals surface area contributed by atoms with Gasteiger partial charge in [-0.25, -0.2) is 14.7 Å². The summed E-state index contributed by atoms with van der Waals surface area (Å²) in [7, 11) is -0.596. The van der Waals surface area contributed by atoms with Crippen LogP contribution in [0.2, 0.25) is 0 Å². The van der Waals surface area contributed by atoms with Crippen LogP contribution < -0.4 is 29.9 Å². The van der Waals surface area contributed by atoms with Crippen molar-refractivity contribution in [2.24, 2.45) is 11.1 Å². The van der Waals surface area contributed by atoms with Gasteiger partial charge in [-0.15, -0.1) is 0 Å². The molecule has 2 heterocycles. The minimum absolute atomic E-state index is 0.284. The molecule has 1 aromatic heterocycles. The molecule has 0 unspecified atom stereocenters. The van der Waals surface area contributed by atoms with Crippen LogP contribution in [0.15, 0.2) is 16.9 Å². The molecule has 1 fully saturated rings. The van der Waals surface area contributed by atoms with Crippen LogP contribution in [0.25, 0.3) is 10.9 Å². The summed E-state index contributed by atoms with van der Waals surface area (Å²) in [5.41, 5.74) is 0.163. The van der Waals surface area contributed by atoms with Crippen molar-refractivity contribution in [2.45, 2.75) is 6.42 Å². The van der Waals surface area contributed by atoms with E-state index in [0.717, 1.165) is 5.39 Å². The molecule has 11 heteroatoms. The van der Waals surface area contributed by atoms with Crippen LogP contribution in [0.5, 0.6) is 11.5 Å². The van der Waals surface area contributed by atoms with Crippen molar-refractivity contribution in [3.05, 3.63) is 22.6 Å². The zero-order chi connectivity index (χ0) is 18.9. The topological polar surface area (TPSA) is 140 Å². The van der Waals surface area contributed by atoms with Crippen molar-refractivity contribution >= 4 is 26.9 Å². The fourth-order valence-electron chi connectivity index (χ4n) is 3.04. The van der Waals surface area contributed by atoms with Gasteiger partial charge >= 0.3 is 5.69 Å². The fourth-order valence-corrected chi connectivity index (χ4v) is 3.44. The van der Waals surface area contributed by atoms with Crippen LogP contribution in [0, 0.1) is 5.92 Å². The van der Waals surface area contributed by atoms with Crippen molar-refractivity contribution in [3.8, 4) is 11.5 Å². The van der Waals surface area contributed by atoms with Crippen LogP contribution in [0.1, 0.15) is 6.42 Å². The molecule has 4 N–H and O–H groups in total. The van der Waals surface area contributed by atoms with E-state index in [1.54, 1.807) is 19.2 Å². The quantitative estimate of drug-likeness (QED) is 0.589. The molecule has 1 aromatic carbocycles. The average Bonchev–Trinajstić information content (AvgIpc) is 2.54. The molecule has 0 atom stereocenters. The minimum Gasteiger partial charge on any atom is -0.493 e. The molecule has 0 saturated carbocycles. The number of H-pyrrole nitrogens is 1.